The molecular formula is C17H26O2. The first-order valence-electron chi connectivity index (χ1n) is 7.04. The minimum Gasteiger partial charge on any atom is -0.367 e. The molecule has 0 aliphatic rings. The highest BCUT2D eigenvalue weighted by atomic mass is 16.5. The molecule has 2 nitrogen and oxygen atoms in total. The number of carbonyl (C=O) groups excluding carboxylic acids is 1. The number of rotatable bonds is 5. The Hall–Kier alpha value is -1.15. The SMILES string of the molecule is CCOC(C)(CC)C(=O)c1ccc(C(C)(C)C)cc1. The average Bonchev–Trinajstić information content (AvgIpc) is 2.37. The molecular weight excluding hydrogens is 236 g/mol. The number of hydrogen-bond donors (Lipinski definition) is 0. The van der Waals surface area contributed by atoms with Crippen LogP contribution in [0.2, 0.25) is 0 Å². The van der Waals surface area contributed by atoms with Crippen LogP contribution in [0.1, 0.15) is 63.9 Å². The van der Waals surface area contributed by atoms with Crippen LogP contribution in [0.5, 0.6) is 0 Å². The van der Waals surface area contributed by atoms with E-state index in [9.17, 15) is 4.79 Å². The fourth-order valence-electron chi connectivity index (χ4n) is 2.07. The molecule has 0 saturated heterocycles. The van der Waals surface area contributed by atoms with Gasteiger partial charge in [-0.25, -0.2) is 0 Å². The van der Waals surface area contributed by atoms with Crippen LogP contribution in [0.3, 0.4) is 0 Å². The maximum atomic E-state index is 12.5. The van der Waals surface area contributed by atoms with E-state index in [1.807, 2.05) is 45.0 Å². The van der Waals surface area contributed by atoms with Gasteiger partial charge in [0.1, 0.15) is 5.60 Å². The Balaban J connectivity index is 3.01. The topological polar surface area (TPSA) is 26.3 Å². The molecule has 0 heterocycles. The van der Waals surface area contributed by atoms with Gasteiger partial charge in [-0.05, 0) is 31.2 Å². The Morgan fingerprint density at radius 1 is 1.05 bits per heavy atom. The first-order valence-corrected chi connectivity index (χ1v) is 7.04. The van der Waals surface area contributed by atoms with Crippen LogP contribution in [0, 0.1) is 0 Å². The van der Waals surface area contributed by atoms with Crippen LogP contribution < -0.4 is 0 Å². The van der Waals surface area contributed by atoms with Gasteiger partial charge < -0.3 is 4.74 Å². The Kier molecular flexibility index (Phi) is 4.92. The van der Waals surface area contributed by atoms with Gasteiger partial charge in [-0.15, -0.1) is 0 Å². The molecule has 19 heavy (non-hydrogen) atoms. The molecule has 0 aliphatic heterocycles. The molecule has 0 bridgehead atoms. The lowest BCUT2D eigenvalue weighted by Crippen LogP contribution is -2.38. The van der Waals surface area contributed by atoms with Crippen molar-refractivity contribution in [3.05, 3.63) is 35.4 Å². The lowest BCUT2D eigenvalue weighted by molar-refractivity contribution is -0.0116. The van der Waals surface area contributed by atoms with Gasteiger partial charge in [-0.3, -0.25) is 4.79 Å². The van der Waals surface area contributed by atoms with Gasteiger partial charge in [-0.2, -0.15) is 0 Å². The zero-order valence-electron chi connectivity index (χ0n) is 13.0. The molecule has 106 valence electrons. The van der Waals surface area contributed by atoms with Crippen molar-refractivity contribution in [3.63, 3.8) is 0 Å². The largest absolute Gasteiger partial charge is 0.367 e. The van der Waals surface area contributed by atoms with Gasteiger partial charge >= 0.3 is 0 Å². The van der Waals surface area contributed by atoms with Gasteiger partial charge in [0.2, 0.25) is 0 Å². The maximum Gasteiger partial charge on any atom is 0.194 e. The Bertz CT molecular complexity index is 426. The molecule has 0 aliphatic carbocycles. The van der Waals surface area contributed by atoms with Crippen LogP contribution in [0.15, 0.2) is 24.3 Å². The van der Waals surface area contributed by atoms with Crippen LogP contribution >= 0.6 is 0 Å². The van der Waals surface area contributed by atoms with Gasteiger partial charge in [0, 0.05) is 12.2 Å². The van der Waals surface area contributed by atoms with Crippen molar-refractivity contribution in [1.82, 2.24) is 0 Å². The van der Waals surface area contributed by atoms with E-state index in [0.29, 0.717) is 13.0 Å². The molecule has 1 rings (SSSR count). The van der Waals surface area contributed by atoms with Crippen LogP contribution in [-0.2, 0) is 10.2 Å². The molecule has 1 aromatic rings. The summed E-state index contributed by atoms with van der Waals surface area (Å²) in [4.78, 5) is 12.5. The monoisotopic (exact) mass is 262 g/mol. The van der Waals surface area contributed by atoms with Crippen LogP contribution in [-0.4, -0.2) is 18.0 Å². The second-order valence-electron chi connectivity index (χ2n) is 6.17. The van der Waals surface area contributed by atoms with Crippen molar-refractivity contribution in [2.24, 2.45) is 0 Å². The fraction of sp³-hybridized carbons (Fsp3) is 0.588. The van der Waals surface area contributed by atoms with Gasteiger partial charge in [-0.1, -0.05) is 52.0 Å². The second kappa shape index (κ2) is 5.87. The highest BCUT2D eigenvalue weighted by Crippen LogP contribution is 2.25. The lowest BCUT2D eigenvalue weighted by atomic mass is 9.85. The predicted molar refractivity (Wildman–Crippen MR) is 79.8 cm³/mol. The second-order valence-corrected chi connectivity index (χ2v) is 6.17. The van der Waals surface area contributed by atoms with Crippen LogP contribution in [0.4, 0.5) is 0 Å². The molecule has 2 heteroatoms. The summed E-state index contributed by atoms with van der Waals surface area (Å²) < 4.78 is 5.64. The van der Waals surface area contributed by atoms with E-state index < -0.39 is 5.60 Å². The van der Waals surface area contributed by atoms with Crippen molar-refractivity contribution in [3.8, 4) is 0 Å². The average molecular weight is 262 g/mol. The number of ether oxygens (including phenoxy) is 1. The molecule has 1 atom stereocenters. The number of benzene rings is 1. The standard InChI is InChI=1S/C17H26O2/c1-7-17(6,19-8-2)15(18)13-9-11-14(12-10-13)16(3,4)5/h9-12H,7-8H2,1-6H3. The minimum absolute atomic E-state index is 0.0670. The molecule has 0 spiro atoms. The third kappa shape index (κ3) is 3.66. The van der Waals surface area contributed by atoms with E-state index in [1.54, 1.807) is 0 Å². The molecule has 1 unspecified atom stereocenters. The lowest BCUT2D eigenvalue weighted by Gasteiger charge is -2.27. The van der Waals surface area contributed by atoms with Crippen molar-refractivity contribution in [1.29, 1.82) is 0 Å². The first-order chi connectivity index (χ1) is 8.74. The smallest absolute Gasteiger partial charge is 0.194 e. The van der Waals surface area contributed by atoms with Crippen molar-refractivity contribution in [2.75, 3.05) is 6.61 Å². The Labute approximate surface area is 117 Å². The highest BCUT2D eigenvalue weighted by Gasteiger charge is 2.32. The van der Waals surface area contributed by atoms with Gasteiger partial charge in [0.25, 0.3) is 0 Å². The third-order valence-corrected chi connectivity index (χ3v) is 3.63. The quantitative estimate of drug-likeness (QED) is 0.736. The molecule has 0 radical (unpaired) electrons. The Morgan fingerprint density at radius 2 is 1.58 bits per heavy atom. The number of ketones is 1. The summed E-state index contributed by atoms with van der Waals surface area (Å²) in [6.45, 7) is 12.8. The minimum atomic E-state index is -0.710. The van der Waals surface area contributed by atoms with Gasteiger partial charge in [0.15, 0.2) is 5.78 Å². The zero-order valence-corrected chi connectivity index (χ0v) is 13.0. The number of Topliss-reactive ketones (excluding diaryl/α,β-unsaturated/α-hetero) is 1. The van der Waals surface area contributed by atoms with E-state index >= 15 is 0 Å². The molecule has 0 fully saturated rings. The normalized spacial score (nSPS) is 15.1. The molecule has 0 N–H and O–H groups in total. The predicted octanol–water partition coefficient (Wildman–Crippen LogP) is 4.37. The maximum absolute atomic E-state index is 12.5. The van der Waals surface area contributed by atoms with E-state index in [2.05, 4.69) is 20.8 Å². The summed E-state index contributed by atoms with van der Waals surface area (Å²) in [6.07, 6.45) is 0.681. The summed E-state index contributed by atoms with van der Waals surface area (Å²) in [5.74, 6) is 0.0670. The fourth-order valence-corrected chi connectivity index (χ4v) is 2.07. The molecule has 0 saturated carbocycles. The Morgan fingerprint density at radius 3 is 1.95 bits per heavy atom. The summed E-state index contributed by atoms with van der Waals surface area (Å²) in [6, 6.07) is 7.90. The zero-order chi connectivity index (χ0) is 14.7. The van der Waals surface area contributed by atoms with Crippen molar-refractivity contribution >= 4 is 5.78 Å². The summed E-state index contributed by atoms with van der Waals surface area (Å²) in [7, 11) is 0. The molecule has 0 aromatic heterocycles. The van der Waals surface area contributed by atoms with Crippen molar-refractivity contribution < 1.29 is 9.53 Å². The van der Waals surface area contributed by atoms with Crippen molar-refractivity contribution in [2.45, 2.75) is 59.0 Å². The highest BCUT2D eigenvalue weighted by molar-refractivity contribution is 6.02. The molecule has 0 amide bonds. The van der Waals surface area contributed by atoms with E-state index in [0.717, 1.165) is 5.56 Å². The number of hydrogen-bond acceptors (Lipinski definition) is 2. The first kappa shape index (κ1) is 15.9. The van der Waals surface area contributed by atoms with E-state index in [-0.39, 0.29) is 11.2 Å². The third-order valence-electron chi connectivity index (χ3n) is 3.63. The van der Waals surface area contributed by atoms with E-state index in [4.69, 9.17) is 4.74 Å². The summed E-state index contributed by atoms with van der Waals surface area (Å²) in [5.41, 5.74) is 1.36. The number of carbonyl (C=O) groups is 1. The van der Waals surface area contributed by atoms with E-state index in [1.165, 1.54) is 5.56 Å². The van der Waals surface area contributed by atoms with Gasteiger partial charge in [0.05, 0.1) is 0 Å². The molecule has 1 aromatic carbocycles. The summed E-state index contributed by atoms with van der Waals surface area (Å²) in [5, 5.41) is 0. The summed E-state index contributed by atoms with van der Waals surface area (Å²) >= 11 is 0. The van der Waals surface area contributed by atoms with Crippen LogP contribution in [0.25, 0.3) is 0 Å².